The first-order chi connectivity index (χ1) is 5.57. The molecule has 0 rings (SSSR count). The quantitative estimate of drug-likeness (QED) is 0.299. The Balaban J connectivity index is 3.79. The van der Waals surface area contributed by atoms with Crippen LogP contribution in [0.15, 0.2) is 5.16 Å². The molecule has 0 unspecified atom stereocenters. The zero-order chi connectivity index (χ0) is 9.56. The lowest BCUT2D eigenvalue weighted by molar-refractivity contribution is 0.0612. The number of carbonyl (C=O) groups excluding carboxylic acids is 1. The molecule has 0 aromatic rings. The Labute approximate surface area is 76.5 Å². The van der Waals surface area contributed by atoms with Gasteiger partial charge in [-0.05, 0) is 6.92 Å². The third-order valence-electron chi connectivity index (χ3n) is 0.946. The fourth-order valence-corrected chi connectivity index (χ4v) is 0.365. The van der Waals surface area contributed by atoms with Gasteiger partial charge in [-0.25, -0.2) is 4.79 Å². The molecule has 0 aliphatic heterocycles. The van der Waals surface area contributed by atoms with Gasteiger partial charge in [0.15, 0.2) is 0 Å². The normalized spacial score (nSPS) is 11.6. The molecule has 0 N–H and O–H groups in total. The van der Waals surface area contributed by atoms with Crippen LogP contribution in [0, 0.1) is 5.92 Å². The molecule has 0 aliphatic rings. The number of rotatable bonds is 3. The van der Waals surface area contributed by atoms with Gasteiger partial charge in [0.25, 0.3) is 0 Å². The van der Waals surface area contributed by atoms with Crippen molar-refractivity contribution in [2.24, 2.45) is 11.1 Å². The summed E-state index contributed by atoms with van der Waals surface area (Å²) in [5, 5.41) is 3.59. The average Bonchev–Trinajstić information content (AvgIpc) is 2.00. The van der Waals surface area contributed by atoms with Gasteiger partial charge < -0.3 is 4.74 Å². The van der Waals surface area contributed by atoms with Gasteiger partial charge in [-0.2, -0.15) is 0 Å². The third kappa shape index (κ3) is 4.96. The maximum absolute atomic E-state index is 10.6. The van der Waals surface area contributed by atoms with E-state index in [1.807, 2.05) is 13.8 Å². The lowest BCUT2D eigenvalue weighted by Crippen LogP contribution is -2.06. The minimum Gasteiger partial charge on any atom is -0.433 e. The van der Waals surface area contributed by atoms with E-state index in [4.69, 9.17) is 11.6 Å². The van der Waals surface area contributed by atoms with Gasteiger partial charge >= 0.3 is 6.16 Å². The number of halogens is 1. The molecule has 0 aromatic carbocycles. The summed E-state index contributed by atoms with van der Waals surface area (Å²) in [5.74, 6) is 0.0427. The molecule has 4 nitrogen and oxygen atoms in total. The van der Waals surface area contributed by atoms with Gasteiger partial charge in [-0.15, -0.1) is 0 Å². The van der Waals surface area contributed by atoms with Crippen LogP contribution in [0.25, 0.3) is 0 Å². The Morgan fingerprint density at radius 3 is 2.58 bits per heavy atom. The second-order valence-corrected chi connectivity index (χ2v) is 2.73. The van der Waals surface area contributed by atoms with E-state index in [1.165, 1.54) is 0 Å². The lowest BCUT2D eigenvalue weighted by Gasteiger charge is -2.00. The zero-order valence-electron chi connectivity index (χ0n) is 7.33. The van der Waals surface area contributed by atoms with Crippen molar-refractivity contribution in [3.63, 3.8) is 0 Å². The van der Waals surface area contributed by atoms with Crippen LogP contribution in [0.4, 0.5) is 4.79 Å². The molecular weight excluding hydrogens is 182 g/mol. The van der Waals surface area contributed by atoms with E-state index in [0.717, 1.165) is 0 Å². The van der Waals surface area contributed by atoms with E-state index < -0.39 is 6.16 Å². The van der Waals surface area contributed by atoms with Crippen molar-refractivity contribution in [2.45, 2.75) is 20.8 Å². The van der Waals surface area contributed by atoms with E-state index in [1.54, 1.807) is 6.92 Å². The number of oxime groups is 1. The minimum atomic E-state index is -0.837. The summed E-state index contributed by atoms with van der Waals surface area (Å²) in [5.41, 5.74) is 0. The van der Waals surface area contributed by atoms with Crippen molar-refractivity contribution in [3.8, 4) is 0 Å². The molecule has 0 aromatic heterocycles. The summed E-state index contributed by atoms with van der Waals surface area (Å²) in [6.07, 6.45) is -0.837. The molecule has 0 bridgehead atoms. The highest BCUT2D eigenvalue weighted by Gasteiger charge is 2.05. The predicted molar refractivity (Wildman–Crippen MR) is 46.2 cm³/mol. The van der Waals surface area contributed by atoms with Gasteiger partial charge in [-0.1, -0.05) is 30.6 Å². The van der Waals surface area contributed by atoms with Crippen molar-refractivity contribution in [2.75, 3.05) is 6.61 Å². The van der Waals surface area contributed by atoms with E-state index in [2.05, 4.69) is 14.7 Å². The summed E-state index contributed by atoms with van der Waals surface area (Å²) >= 11 is 5.58. The summed E-state index contributed by atoms with van der Waals surface area (Å²) in [6.45, 7) is 5.60. The SMILES string of the molecule is CCOC(=O)O/N=C(/Cl)C(C)C. The molecule has 0 spiro atoms. The van der Waals surface area contributed by atoms with Crippen LogP contribution in [0.5, 0.6) is 0 Å². The highest BCUT2D eigenvalue weighted by atomic mass is 35.5. The van der Waals surface area contributed by atoms with Crippen LogP contribution in [0.1, 0.15) is 20.8 Å². The number of hydrogen-bond donors (Lipinski definition) is 0. The Hall–Kier alpha value is -0.770. The topological polar surface area (TPSA) is 47.9 Å². The van der Waals surface area contributed by atoms with Crippen LogP contribution in [0.2, 0.25) is 0 Å². The molecule has 0 fully saturated rings. The molecule has 0 heterocycles. The largest absolute Gasteiger partial charge is 0.535 e. The van der Waals surface area contributed by atoms with Gasteiger partial charge in [0.2, 0.25) is 0 Å². The van der Waals surface area contributed by atoms with Gasteiger partial charge in [0.1, 0.15) is 5.17 Å². The molecular formula is C7H12ClNO3. The summed E-state index contributed by atoms with van der Waals surface area (Å²) in [4.78, 5) is 14.9. The first kappa shape index (κ1) is 11.2. The van der Waals surface area contributed by atoms with Crippen molar-refractivity contribution in [1.29, 1.82) is 0 Å². The van der Waals surface area contributed by atoms with Gasteiger partial charge in [0.05, 0.1) is 6.61 Å². The first-order valence-electron chi connectivity index (χ1n) is 3.65. The average molecular weight is 194 g/mol. The molecule has 0 radical (unpaired) electrons. The smallest absolute Gasteiger partial charge is 0.433 e. The van der Waals surface area contributed by atoms with Gasteiger partial charge in [0, 0.05) is 5.92 Å². The van der Waals surface area contributed by atoms with E-state index in [-0.39, 0.29) is 17.7 Å². The summed E-state index contributed by atoms with van der Waals surface area (Å²) in [6, 6.07) is 0. The summed E-state index contributed by atoms with van der Waals surface area (Å²) in [7, 11) is 0. The lowest BCUT2D eigenvalue weighted by atomic mass is 10.2. The minimum absolute atomic E-state index is 0.0427. The standard InChI is InChI=1S/C7H12ClNO3/c1-4-11-7(10)12-9-6(8)5(2)3/h5H,4H2,1-3H3/b9-6+. The second-order valence-electron chi connectivity index (χ2n) is 2.34. The number of nitrogens with zero attached hydrogens (tertiary/aromatic N) is 1. The van der Waals surface area contributed by atoms with Crippen molar-refractivity contribution < 1.29 is 14.4 Å². The second kappa shape index (κ2) is 5.83. The Bertz CT molecular complexity index is 179. The van der Waals surface area contributed by atoms with Crippen molar-refractivity contribution in [3.05, 3.63) is 0 Å². The maximum atomic E-state index is 10.6. The van der Waals surface area contributed by atoms with Crippen LogP contribution in [-0.2, 0) is 9.57 Å². The molecule has 0 saturated heterocycles. The molecule has 0 amide bonds. The number of carbonyl (C=O) groups is 1. The molecule has 70 valence electrons. The van der Waals surface area contributed by atoms with Crippen LogP contribution >= 0.6 is 11.6 Å². The molecule has 0 atom stereocenters. The summed E-state index contributed by atoms with van der Waals surface area (Å²) < 4.78 is 4.45. The highest BCUT2D eigenvalue weighted by molar-refractivity contribution is 6.65. The van der Waals surface area contributed by atoms with Gasteiger partial charge in [-0.3, -0.25) is 4.84 Å². The van der Waals surface area contributed by atoms with Crippen LogP contribution < -0.4 is 0 Å². The number of ether oxygens (including phenoxy) is 1. The molecule has 0 saturated carbocycles. The molecule has 12 heavy (non-hydrogen) atoms. The van der Waals surface area contributed by atoms with Crippen molar-refractivity contribution in [1.82, 2.24) is 0 Å². The van der Waals surface area contributed by atoms with E-state index in [0.29, 0.717) is 0 Å². The zero-order valence-corrected chi connectivity index (χ0v) is 8.09. The van der Waals surface area contributed by atoms with E-state index >= 15 is 0 Å². The Morgan fingerprint density at radius 2 is 2.17 bits per heavy atom. The number of hydrogen-bond acceptors (Lipinski definition) is 4. The van der Waals surface area contributed by atoms with Crippen LogP contribution in [0.3, 0.4) is 0 Å². The Kier molecular flexibility index (Phi) is 5.45. The maximum Gasteiger partial charge on any atom is 0.535 e. The monoisotopic (exact) mass is 193 g/mol. The van der Waals surface area contributed by atoms with Crippen LogP contribution in [-0.4, -0.2) is 17.9 Å². The fraction of sp³-hybridized carbons (Fsp3) is 0.714. The fourth-order valence-electron chi connectivity index (χ4n) is 0.330. The predicted octanol–water partition coefficient (Wildman–Crippen LogP) is 2.37. The first-order valence-corrected chi connectivity index (χ1v) is 4.02. The molecule has 5 heteroatoms. The van der Waals surface area contributed by atoms with Crippen molar-refractivity contribution >= 4 is 22.9 Å². The third-order valence-corrected chi connectivity index (χ3v) is 1.45. The van der Waals surface area contributed by atoms with E-state index in [9.17, 15) is 4.79 Å². The molecule has 0 aliphatic carbocycles. The highest BCUT2D eigenvalue weighted by Crippen LogP contribution is 2.02. The Morgan fingerprint density at radius 1 is 1.58 bits per heavy atom.